The Balaban J connectivity index is 1.48. The smallest absolute Gasteiger partial charge is 0.265 e. The lowest BCUT2D eigenvalue weighted by atomic mass is 10.1. The van der Waals surface area contributed by atoms with Crippen molar-refractivity contribution in [1.29, 1.82) is 0 Å². The van der Waals surface area contributed by atoms with Crippen LogP contribution >= 0.6 is 15.9 Å². The van der Waals surface area contributed by atoms with Crippen LogP contribution in [0.15, 0.2) is 100 Å². The van der Waals surface area contributed by atoms with Gasteiger partial charge in [-0.1, -0.05) is 60.7 Å². The van der Waals surface area contributed by atoms with E-state index in [1.54, 1.807) is 47.1 Å². The van der Waals surface area contributed by atoms with E-state index >= 15 is 0 Å². The molecule has 0 aliphatic carbocycles. The SMILES string of the molecule is Cc1cccc(N(CC(=O)Nc2ccc(-c3nn(C)cc3Br)cc2)S(=O)(=O)c2cccc3ccccc23)c1C. The molecule has 9 heteroatoms. The summed E-state index contributed by atoms with van der Waals surface area (Å²) in [4.78, 5) is 13.5. The largest absolute Gasteiger partial charge is 0.325 e. The van der Waals surface area contributed by atoms with Gasteiger partial charge in [0.25, 0.3) is 10.0 Å². The lowest BCUT2D eigenvalue weighted by Crippen LogP contribution is -2.38. The van der Waals surface area contributed by atoms with E-state index in [1.807, 2.05) is 69.6 Å². The van der Waals surface area contributed by atoms with Gasteiger partial charge in [0.05, 0.1) is 15.1 Å². The predicted molar refractivity (Wildman–Crippen MR) is 159 cm³/mol. The summed E-state index contributed by atoms with van der Waals surface area (Å²) in [6.07, 6.45) is 1.86. The van der Waals surface area contributed by atoms with E-state index in [4.69, 9.17) is 0 Å². The molecule has 0 unspecified atom stereocenters. The van der Waals surface area contributed by atoms with Crippen LogP contribution in [0.2, 0.25) is 0 Å². The van der Waals surface area contributed by atoms with Crippen LogP contribution in [-0.2, 0) is 21.9 Å². The number of hydrogen-bond donors (Lipinski definition) is 1. The molecule has 39 heavy (non-hydrogen) atoms. The van der Waals surface area contributed by atoms with E-state index in [9.17, 15) is 13.2 Å². The highest BCUT2D eigenvalue weighted by molar-refractivity contribution is 9.10. The molecule has 0 saturated carbocycles. The number of amides is 1. The first-order chi connectivity index (χ1) is 18.6. The summed E-state index contributed by atoms with van der Waals surface area (Å²) in [5.41, 5.74) is 4.42. The summed E-state index contributed by atoms with van der Waals surface area (Å²) in [6.45, 7) is 3.40. The van der Waals surface area contributed by atoms with E-state index in [0.29, 0.717) is 16.8 Å². The quantitative estimate of drug-likeness (QED) is 0.232. The van der Waals surface area contributed by atoms with Crippen molar-refractivity contribution in [3.63, 3.8) is 0 Å². The minimum atomic E-state index is -4.10. The van der Waals surface area contributed by atoms with Crippen molar-refractivity contribution in [2.75, 3.05) is 16.2 Å². The molecule has 4 aromatic carbocycles. The van der Waals surface area contributed by atoms with Crippen LogP contribution < -0.4 is 9.62 Å². The number of rotatable bonds is 7. The zero-order valence-corrected chi connectivity index (χ0v) is 24.1. The normalized spacial score (nSPS) is 11.5. The number of carbonyl (C=O) groups is 1. The Bertz CT molecular complexity index is 1790. The van der Waals surface area contributed by atoms with Crippen molar-refractivity contribution in [3.8, 4) is 11.3 Å². The second-order valence-corrected chi connectivity index (χ2v) is 12.0. The molecule has 0 radical (unpaired) electrons. The van der Waals surface area contributed by atoms with Crippen LogP contribution in [0.1, 0.15) is 11.1 Å². The van der Waals surface area contributed by atoms with Crippen molar-refractivity contribution in [1.82, 2.24) is 9.78 Å². The number of fused-ring (bicyclic) bond motifs is 1. The number of anilines is 2. The Hall–Kier alpha value is -3.95. The van der Waals surface area contributed by atoms with Gasteiger partial charge in [-0.2, -0.15) is 5.10 Å². The molecule has 0 aliphatic rings. The minimum absolute atomic E-state index is 0.152. The van der Waals surface area contributed by atoms with Gasteiger partial charge in [-0.3, -0.25) is 13.8 Å². The van der Waals surface area contributed by atoms with Crippen molar-refractivity contribution in [3.05, 3.63) is 107 Å². The molecule has 0 fully saturated rings. The first kappa shape index (κ1) is 26.6. The van der Waals surface area contributed by atoms with E-state index in [2.05, 4.69) is 26.3 Å². The highest BCUT2D eigenvalue weighted by atomic mass is 79.9. The Labute approximate surface area is 236 Å². The molecule has 0 aliphatic heterocycles. The fourth-order valence-corrected chi connectivity index (χ4v) is 6.84. The number of aryl methyl sites for hydroxylation is 2. The summed E-state index contributed by atoms with van der Waals surface area (Å²) in [7, 11) is -2.25. The number of benzene rings is 4. The third kappa shape index (κ3) is 5.32. The molecule has 1 amide bonds. The van der Waals surface area contributed by atoms with Gasteiger partial charge < -0.3 is 5.32 Å². The standard InChI is InChI=1S/C30H27BrN4O3S/c1-20-8-6-12-27(21(20)2)35(39(37,38)28-13-7-10-22-9-4-5-11-25(22)28)19-29(36)32-24-16-14-23(15-17-24)30-26(31)18-34(3)33-30/h4-18H,19H2,1-3H3,(H,32,36). The van der Waals surface area contributed by atoms with E-state index in [1.165, 1.54) is 4.31 Å². The predicted octanol–water partition coefficient (Wildman–Crippen LogP) is 6.45. The van der Waals surface area contributed by atoms with Crippen LogP contribution in [0.3, 0.4) is 0 Å². The van der Waals surface area contributed by atoms with Crippen molar-refractivity contribution < 1.29 is 13.2 Å². The number of carbonyl (C=O) groups excluding carboxylic acids is 1. The first-order valence-corrected chi connectivity index (χ1v) is 14.5. The maximum absolute atomic E-state index is 14.2. The van der Waals surface area contributed by atoms with Gasteiger partial charge in [0.2, 0.25) is 5.91 Å². The molecular weight excluding hydrogens is 576 g/mol. The zero-order chi connectivity index (χ0) is 27.7. The maximum atomic E-state index is 14.2. The molecule has 198 valence electrons. The molecule has 0 spiro atoms. The van der Waals surface area contributed by atoms with Crippen LogP contribution in [0.5, 0.6) is 0 Å². The van der Waals surface area contributed by atoms with Crippen molar-refractivity contribution in [2.24, 2.45) is 7.05 Å². The maximum Gasteiger partial charge on any atom is 0.265 e. The molecule has 5 rings (SSSR count). The molecule has 0 saturated heterocycles. The molecule has 1 N–H and O–H groups in total. The van der Waals surface area contributed by atoms with E-state index < -0.39 is 15.9 Å². The van der Waals surface area contributed by atoms with Crippen LogP contribution in [0.4, 0.5) is 11.4 Å². The molecular formula is C30H27BrN4O3S. The van der Waals surface area contributed by atoms with Gasteiger partial charge >= 0.3 is 0 Å². The molecule has 1 heterocycles. The summed E-state index contributed by atoms with van der Waals surface area (Å²) in [5, 5.41) is 8.71. The van der Waals surface area contributed by atoms with Gasteiger partial charge in [-0.05, 0) is 70.6 Å². The minimum Gasteiger partial charge on any atom is -0.325 e. The highest BCUT2D eigenvalue weighted by Crippen LogP contribution is 2.32. The average molecular weight is 604 g/mol. The molecule has 7 nitrogen and oxygen atoms in total. The Morgan fingerprint density at radius 2 is 1.64 bits per heavy atom. The fraction of sp³-hybridized carbons (Fsp3) is 0.133. The average Bonchev–Trinajstić information content (AvgIpc) is 3.26. The number of hydrogen-bond acceptors (Lipinski definition) is 4. The third-order valence-electron chi connectivity index (χ3n) is 6.68. The second-order valence-electron chi connectivity index (χ2n) is 9.33. The molecule has 1 aromatic heterocycles. The summed E-state index contributed by atoms with van der Waals surface area (Å²) in [6, 6.07) is 25.2. The fourth-order valence-electron chi connectivity index (χ4n) is 4.54. The van der Waals surface area contributed by atoms with Gasteiger partial charge in [-0.25, -0.2) is 8.42 Å². The third-order valence-corrected chi connectivity index (χ3v) is 9.07. The van der Waals surface area contributed by atoms with Crippen molar-refractivity contribution in [2.45, 2.75) is 18.7 Å². The molecule has 0 atom stereocenters. The van der Waals surface area contributed by atoms with E-state index in [-0.39, 0.29) is 11.4 Å². The summed E-state index contributed by atoms with van der Waals surface area (Å²) < 4.78 is 32.1. The van der Waals surface area contributed by atoms with Gasteiger partial charge in [0.1, 0.15) is 12.2 Å². The number of sulfonamides is 1. The van der Waals surface area contributed by atoms with Gasteiger partial charge in [-0.15, -0.1) is 0 Å². The van der Waals surface area contributed by atoms with Crippen LogP contribution in [-0.4, -0.2) is 30.7 Å². The van der Waals surface area contributed by atoms with Crippen LogP contribution in [0, 0.1) is 13.8 Å². The number of nitrogens with zero attached hydrogens (tertiary/aromatic N) is 3. The lowest BCUT2D eigenvalue weighted by Gasteiger charge is -2.27. The topological polar surface area (TPSA) is 84.3 Å². The van der Waals surface area contributed by atoms with Gasteiger partial charge in [0.15, 0.2) is 0 Å². The second kappa shape index (κ2) is 10.7. The van der Waals surface area contributed by atoms with Crippen LogP contribution in [0.25, 0.3) is 22.0 Å². The zero-order valence-electron chi connectivity index (χ0n) is 21.7. The summed E-state index contributed by atoms with van der Waals surface area (Å²) in [5.74, 6) is -0.452. The molecule has 5 aromatic rings. The number of aromatic nitrogens is 2. The molecule has 0 bridgehead atoms. The van der Waals surface area contributed by atoms with Gasteiger partial charge in [0, 0.05) is 29.9 Å². The number of halogens is 1. The monoisotopic (exact) mass is 602 g/mol. The van der Waals surface area contributed by atoms with Crippen molar-refractivity contribution >= 4 is 54.0 Å². The number of nitrogens with one attached hydrogen (secondary N) is 1. The summed E-state index contributed by atoms with van der Waals surface area (Å²) >= 11 is 3.51. The Morgan fingerprint density at radius 3 is 2.36 bits per heavy atom. The Morgan fingerprint density at radius 1 is 0.949 bits per heavy atom. The lowest BCUT2D eigenvalue weighted by molar-refractivity contribution is -0.114. The highest BCUT2D eigenvalue weighted by Gasteiger charge is 2.30. The first-order valence-electron chi connectivity index (χ1n) is 12.3. The van der Waals surface area contributed by atoms with E-state index in [0.717, 1.165) is 32.2 Å². The Kier molecular flexibility index (Phi) is 7.29.